The molecule has 0 spiro atoms. The Kier molecular flexibility index (Phi) is 15.0. The van der Waals surface area contributed by atoms with E-state index in [-0.39, 0.29) is 35.2 Å². The van der Waals surface area contributed by atoms with Crippen LogP contribution in [0.3, 0.4) is 0 Å². The summed E-state index contributed by atoms with van der Waals surface area (Å²) in [5.74, 6) is 7.46. The quantitative estimate of drug-likeness (QED) is 0.212. The molecule has 11 heteroatoms. The van der Waals surface area contributed by atoms with Gasteiger partial charge in [-0.2, -0.15) is 13.2 Å². The first-order valence-electron chi connectivity index (χ1n) is 15.4. The van der Waals surface area contributed by atoms with Gasteiger partial charge in [-0.3, -0.25) is 9.80 Å². The number of thioether (sulfide) groups is 1. The SMILES string of the molecule is CC.CC.COc1cc(C(=O)N(C)C)ccc1NCC#CC1NN2C(N[C@@H]3CCCCCC3C)=CC=CC2=C1SC(F)(F)F. The van der Waals surface area contributed by atoms with Crippen LogP contribution in [0.25, 0.3) is 0 Å². The predicted molar refractivity (Wildman–Crippen MR) is 176 cm³/mol. The Morgan fingerprint density at radius 3 is 2.52 bits per heavy atom. The van der Waals surface area contributed by atoms with Crippen molar-refractivity contribution in [1.29, 1.82) is 0 Å². The van der Waals surface area contributed by atoms with Crippen molar-refractivity contribution >= 4 is 23.4 Å². The molecule has 0 saturated heterocycles. The predicted octanol–water partition coefficient (Wildman–Crippen LogP) is 7.49. The van der Waals surface area contributed by atoms with Gasteiger partial charge in [-0.05, 0) is 60.9 Å². The van der Waals surface area contributed by atoms with Gasteiger partial charge in [0, 0.05) is 30.6 Å². The average Bonchev–Trinajstić information content (AvgIpc) is 3.22. The zero-order chi connectivity index (χ0) is 32.9. The molecule has 7 nitrogen and oxygen atoms in total. The van der Waals surface area contributed by atoms with Gasteiger partial charge in [-0.15, -0.1) is 0 Å². The zero-order valence-corrected chi connectivity index (χ0v) is 28.0. The van der Waals surface area contributed by atoms with Gasteiger partial charge < -0.3 is 20.3 Å². The highest BCUT2D eigenvalue weighted by Crippen LogP contribution is 2.43. The number of nitrogens with one attached hydrogen (secondary N) is 3. The van der Waals surface area contributed by atoms with Crippen LogP contribution in [0.2, 0.25) is 0 Å². The van der Waals surface area contributed by atoms with E-state index < -0.39 is 11.6 Å². The molecule has 1 fully saturated rings. The van der Waals surface area contributed by atoms with Crippen LogP contribution in [0.4, 0.5) is 18.9 Å². The molecule has 0 aromatic heterocycles. The van der Waals surface area contributed by atoms with Crippen molar-refractivity contribution in [2.24, 2.45) is 5.92 Å². The number of hydrogen-bond acceptors (Lipinski definition) is 7. The van der Waals surface area contributed by atoms with Gasteiger partial charge in [0.15, 0.2) is 0 Å². The second-order valence-corrected chi connectivity index (χ2v) is 11.4. The summed E-state index contributed by atoms with van der Waals surface area (Å²) in [6.07, 6.45) is 11.1. The molecule has 3 N–H and O–H groups in total. The molecular formula is C33H48F3N5O2S. The number of amides is 1. The van der Waals surface area contributed by atoms with Crippen molar-refractivity contribution in [2.75, 3.05) is 33.1 Å². The maximum Gasteiger partial charge on any atom is 0.446 e. The second kappa shape index (κ2) is 17.9. The molecule has 2 aliphatic heterocycles. The fourth-order valence-electron chi connectivity index (χ4n) is 5.04. The van der Waals surface area contributed by atoms with Gasteiger partial charge in [-0.25, -0.2) is 5.43 Å². The van der Waals surface area contributed by atoms with E-state index in [0.29, 0.717) is 28.6 Å². The third-order valence-electron chi connectivity index (χ3n) is 7.15. The number of hydrogen-bond donors (Lipinski definition) is 3. The number of allylic oxidation sites excluding steroid dienone is 3. The smallest absolute Gasteiger partial charge is 0.446 e. The van der Waals surface area contributed by atoms with Gasteiger partial charge in [0.1, 0.15) is 17.6 Å². The number of ether oxygens (including phenoxy) is 1. The summed E-state index contributed by atoms with van der Waals surface area (Å²) in [6, 6.07) is 4.47. The van der Waals surface area contributed by atoms with Gasteiger partial charge in [0.2, 0.25) is 0 Å². The molecule has 1 aromatic carbocycles. The summed E-state index contributed by atoms with van der Waals surface area (Å²) in [6.45, 7) is 10.4. The van der Waals surface area contributed by atoms with E-state index in [1.54, 1.807) is 49.5 Å². The molecule has 0 bridgehead atoms. The summed E-state index contributed by atoms with van der Waals surface area (Å²) in [5, 5.41) is 8.42. The first kappa shape index (κ1) is 37.0. The molecule has 3 atom stereocenters. The molecular weight excluding hydrogens is 587 g/mol. The van der Waals surface area contributed by atoms with E-state index in [4.69, 9.17) is 4.74 Å². The van der Waals surface area contributed by atoms with Crippen molar-refractivity contribution in [3.8, 4) is 17.6 Å². The lowest BCUT2D eigenvalue weighted by molar-refractivity contribution is -0.0322. The number of halogens is 3. The summed E-state index contributed by atoms with van der Waals surface area (Å²) in [4.78, 5) is 13.8. The minimum absolute atomic E-state index is 0.113. The van der Waals surface area contributed by atoms with E-state index in [1.807, 2.05) is 33.8 Å². The van der Waals surface area contributed by atoms with Gasteiger partial charge in [0.25, 0.3) is 5.91 Å². The monoisotopic (exact) mass is 635 g/mol. The number of benzene rings is 1. The van der Waals surface area contributed by atoms with Crippen LogP contribution in [0, 0.1) is 17.8 Å². The number of alkyl halides is 3. The Hall–Kier alpha value is -3.23. The van der Waals surface area contributed by atoms with Crippen LogP contribution >= 0.6 is 11.8 Å². The van der Waals surface area contributed by atoms with Crippen molar-refractivity contribution in [1.82, 2.24) is 20.7 Å². The van der Waals surface area contributed by atoms with Crippen molar-refractivity contribution in [2.45, 2.75) is 84.3 Å². The van der Waals surface area contributed by atoms with E-state index in [9.17, 15) is 18.0 Å². The Bertz CT molecular complexity index is 1250. The van der Waals surface area contributed by atoms with Crippen LogP contribution < -0.4 is 20.8 Å². The van der Waals surface area contributed by atoms with Crippen LogP contribution in [0.1, 0.15) is 77.1 Å². The highest BCUT2D eigenvalue weighted by molar-refractivity contribution is 8.04. The molecule has 2 heterocycles. The Balaban J connectivity index is 0.00000162. The molecule has 0 radical (unpaired) electrons. The summed E-state index contributed by atoms with van der Waals surface area (Å²) in [7, 11) is 4.84. The number of anilines is 1. The third-order valence-corrected chi connectivity index (χ3v) is 8.05. The molecule has 1 saturated carbocycles. The van der Waals surface area contributed by atoms with Crippen molar-refractivity contribution in [3.63, 3.8) is 0 Å². The topological polar surface area (TPSA) is 68.9 Å². The van der Waals surface area contributed by atoms with Gasteiger partial charge in [-0.1, -0.05) is 71.8 Å². The number of carbonyl (C=O) groups is 1. The molecule has 3 aliphatic rings. The first-order valence-corrected chi connectivity index (χ1v) is 16.2. The number of hydrazine groups is 1. The zero-order valence-electron chi connectivity index (χ0n) is 27.2. The Labute approximate surface area is 265 Å². The summed E-state index contributed by atoms with van der Waals surface area (Å²) >= 11 is -0.132. The third kappa shape index (κ3) is 10.2. The number of rotatable bonds is 7. The minimum Gasteiger partial charge on any atom is -0.495 e. The number of methoxy groups -OCH3 is 1. The molecule has 1 amide bonds. The van der Waals surface area contributed by atoms with Crippen LogP contribution in [0.5, 0.6) is 5.75 Å². The number of carbonyl (C=O) groups excluding carboxylic acids is 1. The van der Waals surface area contributed by atoms with Crippen molar-refractivity contribution < 1.29 is 22.7 Å². The normalized spacial score (nSPS) is 20.8. The van der Waals surface area contributed by atoms with Crippen LogP contribution in [-0.2, 0) is 0 Å². The Morgan fingerprint density at radius 1 is 1.16 bits per heavy atom. The summed E-state index contributed by atoms with van der Waals surface area (Å²) < 4.78 is 46.1. The second-order valence-electron chi connectivity index (χ2n) is 10.3. The molecule has 2 unspecified atom stereocenters. The molecule has 244 valence electrons. The fourth-order valence-corrected chi connectivity index (χ4v) is 5.78. The highest BCUT2D eigenvalue weighted by atomic mass is 32.2. The lowest BCUT2D eigenvalue weighted by atomic mass is 9.97. The Morgan fingerprint density at radius 2 is 1.86 bits per heavy atom. The first-order chi connectivity index (χ1) is 21.1. The van der Waals surface area contributed by atoms with E-state index in [0.717, 1.165) is 25.1 Å². The molecule has 1 aromatic rings. The van der Waals surface area contributed by atoms with Crippen LogP contribution in [0.15, 0.2) is 52.9 Å². The fraction of sp³-hybridized carbons (Fsp3) is 0.545. The van der Waals surface area contributed by atoms with E-state index in [2.05, 4.69) is 34.8 Å². The van der Waals surface area contributed by atoms with Crippen LogP contribution in [-0.4, -0.2) is 61.2 Å². The minimum atomic E-state index is -4.45. The van der Waals surface area contributed by atoms with Gasteiger partial charge >= 0.3 is 5.51 Å². The number of nitrogens with zero attached hydrogens (tertiary/aromatic N) is 2. The lowest BCUT2D eigenvalue weighted by Crippen LogP contribution is -2.45. The standard InChI is InChI=1S/C29H36F3N5O2S.2C2H6/c1-19-10-6-5-7-11-21(19)34-26-14-8-13-24-27(40-29(30,31)32)23(35-37(24)26)12-9-17-33-22-16-15-20(18-25(22)39-4)28(38)36(2)3;2*1-2/h8,13-16,18-19,21,23,33-35H,5-7,10-11,17H2,1-4H3;2*1-2H3/t19?,21-,23?;;/m1../s1. The molecule has 44 heavy (non-hydrogen) atoms. The molecule has 4 rings (SSSR count). The highest BCUT2D eigenvalue weighted by Gasteiger charge is 2.40. The average molecular weight is 636 g/mol. The lowest BCUT2D eigenvalue weighted by Gasteiger charge is -2.32. The maximum atomic E-state index is 13.6. The molecule has 1 aliphatic carbocycles. The van der Waals surface area contributed by atoms with Gasteiger partial charge in [0.05, 0.1) is 25.0 Å². The van der Waals surface area contributed by atoms with Crippen molar-refractivity contribution in [3.05, 3.63) is 58.4 Å². The summed E-state index contributed by atoms with van der Waals surface area (Å²) in [5.41, 5.74) is 0.283. The maximum absolute atomic E-state index is 13.6. The number of fused-ring (bicyclic) bond motifs is 1. The van der Waals surface area contributed by atoms with E-state index in [1.165, 1.54) is 24.9 Å². The largest absolute Gasteiger partial charge is 0.495 e. The van der Waals surface area contributed by atoms with E-state index >= 15 is 0 Å².